The minimum Gasteiger partial charge on any atom is -0.388 e. The fourth-order valence-corrected chi connectivity index (χ4v) is 0.727. The lowest BCUT2D eigenvalue weighted by molar-refractivity contribution is -0.129. The summed E-state index contributed by atoms with van der Waals surface area (Å²) in [4.78, 5) is 19.0. The number of carbonyl (C=O) groups excluding carboxylic acids is 1. The summed E-state index contributed by atoms with van der Waals surface area (Å²) in [5, 5.41) is 0. The molecule has 0 heterocycles. The Balaban J connectivity index is 4.01. The highest BCUT2D eigenvalue weighted by atomic mass is 31.2. The second kappa shape index (κ2) is 3.54. The fraction of sp³-hybridized carbons (Fsp3) is 0.400. The molecule has 0 aromatic carbocycles. The zero-order valence-electron chi connectivity index (χ0n) is 5.61. The van der Waals surface area contributed by atoms with Gasteiger partial charge in [0.15, 0.2) is 0 Å². The molecule has 0 radical (unpaired) electrons. The van der Waals surface area contributed by atoms with Crippen LogP contribution >= 0.6 is 7.60 Å². The van der Waals surface area contributed by atoms with Crippen molar-refractivity contribution in [3.63, 3.8) is 0 Å². The first-order valence-corrected chi connectivity index (χ1v) is 4.46. The largest absolute Gasteiger partial charge is 0.388 e. The SMILES string of the molecule is C=CC(=O)OP(=O)(O)CC. The summed E-state index contributed by atoms with van der Waals surface area (Å²) in [5.74, 6) is -0.868. The van der Waals surface area contributed by atoms with Crippen molar-refractivity contribution in [3.8, 4) is 0 Å². The van der Waals surface area contributed by atoms with Gasteiger partial charge in [0.2, 0.25) is 0 Å². The van der Waals surface area contributed by atoms with Crippen LogP contribution in [0.25, 0.3) is 0 Å². The summed E-state index contributed by atoms with van der Waals surface area (Å²) in [7, 11) is -3.67. The third kappa shape index (κ3) is 3.43. The third-order valence-electron chi connectivity index (χ3n) is 0.799. The van der Waals surface area contributed by atoms with E-state index in [0.717, 1.165) is 6.08 Å². The molecule has 1 N–H and O–H groups in total. The summed E-state index contributed by atoms with van der Waals surface area (Å²) >= 11 is 0. The van der Waals surface area contributed by atoms with E-state index >= 15 is 0 Å². The molecule has 0 aromatic heterocycles. The zero-order valence-corrected chi connectivity index (χ0v) is 6.51. The molecular formula is C5H9O4P. The maximum absolute atomic E-state index is 10.6. The topological polar surface area (TPSA) is 63.6 Å². The average molecular weight is 164 g/mol. The standard InChI is InChI=1S/C5H9O4P/c1-3-5(6)9-10(7,8)4-2/h3H,1,4H2,2H3,(H,7,8). The lowest BCUT2D eigenvalue weighted by atomic mass is 10.7. The highest BCUT2D eigenvalue weighted by Crippen LogP contribution is 2.40. The Labute approximate surface area is 59.0 Å². The van der Waals surface area contributed by atoms with Crippen molar-refractivity contribution in [1.82, 2.24) is 0 Å². The molecule has 0 aromatic rings. The van der Waals surface area contributed by atoms with Gasteiger partial charge in [0.25, 0.3) is 0 Å². The van der Waals surface area contributed by atoms with Gasteiger partial charge >= 0.3 is 13.6 Å². The van der Waals surface area contributed by atoms with Crippen LogP contribution in [0.15, 0.2) is 12.7 Å². The number of carbonyl (C=O) groups is 1. The van der Waals surface area contributed by atoms with E-state index in [1.54, 1.807) is 0 Å². The Morgan fingerprint density at radius 2 is 2.40 bits per heavy atom. The molecule has 0 aliphatic carbocycles. The summed E-state index contributed by atoms with van der Waals surface area (Å²) in [6.45, 7) is 4.53. The molecule has 10 heavy (non-hydrogen) atoms. The summed E-state index contributed by atoms with van der Waals surface area (Å²) in [6, 6.07) is 0. The van der Waals surface area contributed by atoms with Gasteiger partial charge in [-0.2, -0.15) is 0 Å². The molecule has 0 aliphatic rings. The average Bonchev–Trinajstić information content (AvgIpc) is 1.87. The molecule has 0 amide bonds. The van der Waals surface area contributed by atoms with E-state index in [2.05, 4.69) is 11.1 Å². The zero-order chi connectivity index (χ0) is 8.20. The Morgan fingerprint density at radius 1 is 1.90 bits per heavy atom. The first kappa shape index (κ1) is 9.40. The second-order valence-electron chi connectivity index (χ2n) is 1.57. The van der Waals surface area contributed by atoms with Crippen molar-refractivity contribution >= 4 is 13.6 Å². The molecule has 0 rings (SSSR count). The molecule has 1 unspecified atom stereocenters. The van der Waals surface area contributed by atoms with Gasteiger partial charge < -0.3 is 9.42 Å². The van der Waals surface area contributed by atoms with Gasteiger partial charge in [-0.3, -0.25) is 0 Å². The van der Waals surface area contributed by atoms with E-state index in [0.29, 0.717) is 0 Å². The summed E-state index contributed by atoms with van der Waals surface area (Å²) in [6.07, 6.45) is 0.769. The van der Waals surface area contributed by atoms with Gasteiger partial charge in [-0.05, 0) is 0 Å². The third-order valence-corrected chi connectivity index (χ3v) is 2.06. The Kier molecular flexibility index (Phi) is 3.33. The van der Waals surface area contributed by atoms with Crippen LogP contribution in [0.3, 0.4) is 0 Å². The number of hydrogen-bond acceptors (Lipinski definition) is 3. The van der Waals surface area contributed by atoms with Crippen molar-refractivity contribution in [3.05, 3.63) is 12.7 Å². The maximum Gasteiger partial charge on any atom is 0.378 e. The van der Waals surface area contributed by atoms with Crippen LogP contribution in [0.5, 0.6) is 0 Å². The fourth-order valence-electron chi connectivity index (χ4n) is 0.242. The van der Waals surface area contributed by atoms with Gasteiger partial charge in [0.1, 0.15) is 0 Å². The Bertz CT molecular complexity index is 186. The van der Waals surface area contributed by atoms with Gasteiger partial charge in [-0.1, -0.05) is 13.5 Å². The number of rotatable bonds is 3. The quantitative estimate of drug-likeness (QED) is 0.497. The van der Waals surface area contributed by atoms with Crippen LogP contribution in [0.4, 0.5) is 0 Å². The lowest BCUT2D eigenvalue weighted by Gasteiger charge is -2.06. The molecule has 58 valence electrons. The molecule has 0 saturated carbocycles. The maximum atomic E-state index is 10.6. The van der Waals surface area contributed by atoms with E-state index in [1.807, 2.05) is 0 Å². The molecule has 0 bridgehead atoms. The first-order valence-electron chi connectivity index (χ1n) is 2.69. The van der Waals surface area contributed by atoms with Gasteiger partial charge in [-0.15, -0.1) is 0 Å². The lowest BCUT2D eigenvalue weighted by Crippen LogP contribution is -1.98. The molecule has 0 aliphatic heterocycles. The smallest absolute Gasteiger partial charge is 0.378 e. The van der Waals surface area contributed by atoms with Crippen LogP contribution in [-0.2, 0) is 13.9 Å². The predicted molar refractivity (Wildman–Crippen MR) is 36.7 cm³/mol. The molecule has 0 fully saturated rings. The second-order valence-corrected chi connectivity index (χ2v) is 3.66. The highest BCUT2D eigenvalue weighted by molar-refractivity contribution is 7.53. The van der Waals surface area contributed by atoms with Crippen molar-refractivity contribution < 1.29 is 18.8 Å². The van der Waals surface area contributed by atoms with E-state index < -0.39 is 13.6 Å². The normalized spacial score (nSPS) is 15.4. The van der Waals surface area contributed by atoms with Crippen LogP contribution in [0, 0.1) is 0 Å². The van der Waals surface area contributed by atoms with E-state index in [9.17, 15) is 9.36 Å². The molecule has 0 saturated heterocycles. The van der Waals surface area contributed by atoms with E-state index in [-0.39, 0.29) is 6.16 Å². The van der Waals surface area contributed by atoms with Crippen LogP contribution < -0.4 is 0 Å². The van der Waals surface area contributed by atoms with Crippen molar-refractivity contribution in [2.24, 2.45) is 0 Å². The first-order chi connectivity index (χ1) is 4.52. The molecule has 0 spiro atoms. The van der Waals surface area contributed by atoms with Crippen LogP contribution in [0.2, 0.25) is 0 Å². The van der Waals surface area contributed by atoms with Crippen molar-refractivity contribution in [2.75, 3.05) is 6.16 Å². The van der Waals surface area contributed by atoms with E-state index in [1.165, 1.54) is 6.92 Å². The van der Waals surface area contributed by atoms with Crippen molar-refractivity contribution in [1.29, 1.82) is 0 Å². The molecular weight excluding hydrogens is 155 g/mol. The molecule has 5 heteroatoms. The van der Waals surface area contributed by atoms with Crippen LogP contribution in [-0.4, -0.2) is 17.0 Å². The monoisotopic (exact) mass is 164 g/mol. The molecule has 4 nitrogen and oxygen atoms in total. The minimum absolute atomic E-state index is 0.0768. The Morgan fingerprint density at radius 3 is 2.70 bits per heavy atom. The number of hydrogen-bond donors (Lipinski definition) is 1. The van der Waals surface area contributed by atoms with Crippen molar-refractivity contribution in [2.45, 2.75) is 6.92 Å². The van der Waals surface area contributed by atoms with Gasteiger partial charge in [0.05, 0.1) is 6.16 Å². The van der Waals surface area contributed by atoms with E-state index in [4.69, 9.17) is 4.89 Å². The Hall–Kier alpha value is -0.600. The van der Waals surface area contributed by atoms with Gasteiger partial charge in [-0.25, -0.2) is 9.36 Å². The predicted octanol–water partition coefficient (Wildman–Crippen LogP) is 0.921. The minimum atomic E-state index is -3.67. The summed E-state index contributed by atoms with van der Waals surface area (Å²) < 4.78 is 14.7. The highest BCUT2D eigenvalue weighted by Gasteiger charge is 2.18. The summed E-state index contributed by atoms with van der Waals surface area (Å²) in [5.41, 5.74) is 0. The van der Waals surface area contributed by atoms with Crippen LogP contribution in [0.1, 0.15) is 6.92 Å². The molecule has 1 atom stereocenters. The van der Waals surface area contributed by atoms with Gasteiger partial charge in [0, 0.05) is 6.08 Å².